The number of alkyl halides is 3. The molecule has 2 aromatic rings. The van der Waals surface area contributed by atoms with Gasteiger partial charge >= 0.3 is 6.18 Å². The molecule has 2 aromatic carbocycles. The van der Waals surface area contributed by atoms with Crippen LogP contribution in [0, 0.1) is 0 Å². The Morgan fingerprint density at radius 1 is 1.18 bits per heavy atom. The third-order valence-electron chi connectivity index (χ3n) is 6.11. The van der Waals surface area contributed by atoms with Crippen LogP contribution < -0.4 is 10.2 Å². The topological polar surface area (TPSA) is 52.7 Å². The molecule has 1 saturated heterocycles. The predicted molar refractivity (Wildman–Crippen MR) is 127 cm³/mol. The van der Waals surface area contributed by atoms with Crippen molar-refractivity contribution in [3.63, 3.8) is 0 Å². The van der Waals surface area contributed by atoms with Crippen LogP contribution in [-0.2, 0) is 15.8 Å². The van der Waals surface area contributed by atoms with Crippen molar-refractivity contribution in [2.24, 2.45) is 0 Å². The predicted octanol–water partition coefficient (Wildman–Crippen LogP) is 4.79. The van der Waals surface area contributed by atoms with Gasteiger partial charge in [0.25, 0.3) is 5.91 Å². The summed E-state index contributed by atoms with van der Waals surface area (Å²) >= 11 is 1.25. The van der Waals surface area contributed by atoms with E-state index in [-0.39, 0.29) is 18.4 Å². The summed E-state index contributed by atoms with van der Waals surface area (Å²) < 4.78 is 38.6. The summed E-state index contributed by atoms with van der Waals surface area (Å²) in [6.45, 7) is 4.49. The Bertz CT molecular complexity index is 1090. The Labute approximate surface area is 201 Å². The van der Waals surface area contributed by atoms with Gasteiger partial charge < -0.3 is 5.32 Å². The first kappa shape index (κ1) is 24.3. The number of rotatable bonds is 6. The Balaban J connectivity index is 1.51. The SMILES string of the molecule is CCN1CCCC1CNC(=O)CN1C(=O)/C(=C\c2ccc(C(F)(F)F)cc2)Sc2ccccc21. The summed E-state index contributed by atoms with van der Waals surface area (Å²) in [6, 6.07) is 12.3. The van der Waals surface area contributed by atoms with E-state index < -0.39 is 11.7 Å². The number of para-hydroxylation sites is 1. The third kappa shape index (κ3) is 5.47. The molecule has 1 N–H and O–H groups in total. The molecule has 0 spiro atoms. The lowest BCUT2D eigenvalue weighted by molar-refractivity contribution is -0.137. The van der Waals surface area contributed by atoms with Crippen LogP contribution >= 0.6 is 11.8 Å². The summed E-state index contributed by atoms with van der Waals surface area (Å²) in [6.07, 6.45) is -0.708. The Hall–Kier alpha value is -2.78. The van der Waals surface area contributed by atoms with Gasteiger partial charge in [-0.1, -0.05) is 43.0 Å². The summed E-state index contributed by atoms with van der Waals surface area (Å²) in [7, 11) is 0. The number of amides is 2. The standard InChI is InChI=1S/C25H26F3N3O2S/c1-2-30-13-5-6-19(30)15-29-23(32)16-31-20-7-3-4-8-21(20)34-22(24(31)33)14-17-9-11-18(12-10-17)25(26,27)28/h3-4,7-12,14,19H,2,5-6,13,15-16H2,1H3,(H,29,32)/b22-14+. The van der Waals surface area contributed by atoms with Gasteiger partial charge in [0.05, 0.1) is 16.2 Å². The number of likely N-dealkylation sites (N-methyl/N-ethyl adjacent to an activating group) is 1. The molecular weight excluding hydrogens is 463 g/mol. The molecule has 0 radical (unpaired) electrons. The molecular formula is C25H26F3N3O2S. The van der Waals surface area contributed by atoms with Gasteiger partial charge in [0.1, 0.15) is 6.54 Å². The van der Waals surface area contributed by atoms with E-state index in [1.54, 1.807) is 18.2 Å². The van der Waals surface area contributed by atoms with Gasteiger partial charge in [0.15, 0.2) is 0 Å². The van der Waals surface area contributed by atoms with Crippen molar-refractivity contribution in [2.45, 2.75) is 36.9 Å². The van der Waals surface area contributed by atoms with Gasteiger partial charge in [-0.05, 0) is 61.8 Å². The molecule has 2 heterocycles. The van der Waals surface area contributed by atoms with E-state index in [1.807, 2.05) is 12.1 Å². The van der Waals surface area contributed by atoms with E-state index in [0.29, 0.717) is 28.7 Å². The normalized spacial score (nSPS) is 20.0. The van der Waals surface area contributed by atoms with Crippen LogP contribution in [0.1, 0.15) is 30.9 Å². The van der Waals surface area contributed by atoms with E-state index in [0.717, 1.165) is 43.0 Å². The van der Waals surface area contributed by atoms with E-state index in [9.17, 15) is 22.8 Å². The van der Waals surface area contributed by atoms with Gasteiger partial charge in [-0.3, -0.25) is 19.4 Å². The summed E-state index contributed by atoms with van der Waals surface area (Å²) in [5.74, 6) is -0.596. The fraction of sp³-hybridized carbons (Fsp3) is 0.360. The van der Waals surface area contributed by atoms with Crippen LogP contribution in [-0.4, -0.2) is 48.9 Å². The second-order valence-corrected chi connectivity index (χ2v) is 9.40. The minimum Gasteiger partial charge on any atom is -0.353 e. The molecule has 4 rings (SSSR count). The van der Waals surface area contributed by atoms with E-state index >= 15 is 0 Å². The molecule has 34 heavy (non-hydrogen) atoms. The first-order valence-electron chi connectivity index (χ1n) is 11.2. The van der Waals surface area contributed by atoms with Gasteiger partial charge in [0, 0.05) is 17.5 Å². The summed E-state index contributed by atoms with van der Waals surface area (Å²) in [5.41, 5.74) is 0.381. The number of nitrogens with one attached hydrogen (secondary N) is 1. The van der Waals surface area contributed by atoms with Crippen LogP contribution in [0.25, 0.3) is 6.08 Å². The molecule has 2 amide bonds. The zero-order valence-electron chi connectivity index (χ0n) is 18.8. The molecule has 1 atom stereocenters. The molecule has 2 aliphatic rings. The molecule has 9 heteroatoms. The maximum atomic E-state index is 13.3. The van der Waals surface area contributed by atoms with Crippen LogP contribution in [0.5, 0.6) is 0 Å². The molecule has 1 unspecified atom stereocenters. The lowest BCUT2D eigenvalue weighted by Gasteiger charge is -2.30. The lowest BCUT2D eigenvalue weighted by Crippen LogP contribution is -2.46. The molecule has 0 saturated carbocycles. The number of hydrogen-bond donors (Lipinski definition) is 1. The highest BCUT2D eigenvalue weighted by molar-refractivity contribution is 8.04. The number of benzene rings is 2. The average Bonchev–Trinajstić information content (AvgIpc) is 3.28. The number of halogens is 3. The molecule has 5 nitrogen and oxygen atoms in total. The minimum absolute atomic E-state index is 0.125. The summed E-state index contributed by atoms with van der Waals surface area (Å²) in [4.78, 5) is 31.0. The molecule has 0 aromatic heterocycles. The van der Waals surface area contributed by atoms with Crippen molar-refractivity contribution in [3.05, 3.63) is 64.6 Å². The highest BCUT2D eigenvalue weighted by atomic mass is 32.2. The van der Waals surface area contributed by atoms with E-state index in [4.69, 9.17) is 0 Å². The fourth-order valence-corrected chi connectivity index (χ4v) is 5.37. The maximum Gasteiger partial charge on any atom is 0.416 e. The number of nitrogens with zero attached hydrogens (tertiary/aromatic N) is 2. The van der Waals surface area contributed by atoms with Crippen LogP contribution in [0.4, 0.5) is 18.9 Å². The van der Waals surface area contributed by atoms with E-state index in [1.165, 1.54) is 28.8 Å². The van der Waals surface area contributed by atoms with Gasteiger partial charge in [0.2, 0.25) is 5.91 Å². The smallest absolute Gasteiger partial charge is 0.353 e. The summed E-state index contributed by atoms with van der Waals surface area (Å²) in [5, 5.41) is 2.97. The van der Waals surface area contributed by atoms with Crippen molar-refractivity contribution in [2.75, 3.05) is 31.1 Å². The first-order chi connectivity index (χ1) is 16.3. The highest BCUT2D eigenvalue weighted by Gasteiger charge is 2.32. The molecule has 1 fully saturated rings. The Morgan fingerprint density at radius 2 is 1.91 bits per heavy atom. The fourth-order valence-electron chi connectivity index (χ4n) is 4.31. The quantitative estimate of drug-likeness (QED) is 0.593. The third-order valence-corrected chi connectivity index (χ3v) is 7.19. The van der Waals surface area contributed by atoms with E-state index in [2.05, 4.69) is 17.1 Å². The Kier molecular flexibility index (Phi) is 7.33. The number of fused-ring (bicyclic) bond motifs is 1. The van der Waals surface area contributed by atoms with Crippen LogP contribution in [0.2, 0.25) is 0 Å². The second-order valence-electron chi connectivity index (χ2n) is 8.32. The minimum atomic E-state index is -4.42. The van der Waals surface area contributed by atoms with Crippen molar-refractivity contribution < 1.29 is 22.8 Å². The molecule has 2 aliphatic heterocycles. The van der Waals surface area contributed by atoms with Gasteiger partial charge in [-0.2, -0.15) is 13.2 Å². The largest absolute Gasteiger partial charge is 0.416 e. The van der Waals surface area contributed by atoms with Crippen molar-refractivity contribution in [1.82, 2.24) is 10.2 Å². The van der Waals surface area contributed by atoms with Crippen molar-refractivity contribution >= 4 is 35.3 Å². The van der Waals surface area contributed by atoms with Crippen molar-refractivity contribution in [3.8, 4) is 0 Å². The average molecular weight is 490 g/mol. The Morgan fingerprint density at radius 3 is 2.62 bits per heavy atom. The zero-order valence-corrected chi connectivity index (χ0v) is 19.6. The number of likely N-dealkylation sites (tertiary alicyclic amines) is 1. The number of anilines is 1. The first-order valence-corrected chi connectivity index (χ1v) is 12.1. The number of thioether (sulfide) groups is 1. The maximum absolute atomic E-state index is 13.3. The van der Waals surface area contributed by atoms with Crippen LogP contribution in [0.3, 0.4) is 0 Å². The highest BCUT2D eigenvalue weighted by Crippen LogP contribution is 2.42. The van der Waals surface area contributed by atoms with Crippen molar-refractivity contribution in [1.29, 1.82) is 0 Å². The van der Waals surface area contributed by atoms with Gasteiger partial charge in [-0.15, -0.1) is 0 Å². The second kappa shape index (κ2) is 10.2. The number of carbonyl (C=O) groups excluding carboxylic acids is 2. The van der Waals surface area contributed by atoms with Crippen LogP contribution in [0.15, 0.2) is 58.3 Å². The van der Waals surface area contributed by atoms with Gasteiger partial charge in [-0.25, -0.2) is 0 Å². The molecule has 0 bridgehead atoms. The number of carbonyl (C=O) groups is 2. The monoisotopic (exact) mass is 489 g/mol. The number of hydrogen-bond acceptors (Lipinski definition) is 4. The zero-order chi connectivity index (χ0) is 24.3. The molecule has 0 aliphatic carbocycles. The lowest BCUT2D eigenvalue weighted by atomic mass is 10.1. The molecule has 180 valence electrons.